The summed E-state index contributed by atoms with van der Waals surface area (Å²) in [7, 11) is 1.40. The molecule has 0 heterocycles. The van der Waals surface area contributed by atoms with Gasteiger partial charge in [-0.2, -0.15) is 5.10 Å². The van der Waals surface area contributed by atoms with E-state index < -0.39 is 17.7 Å². The van der Waals surface area contributed by atoms with Crippen molar-refractivity contribution in [2.75, 3.05) is 17.7 Å². The first-order valence-corrected chi connectivity index (χ1v) is 9.86. The number of benzene rings is 3. The summed E-state index contributed by atoms with van der Waals surface area (Å²) in [5, 5.41) is 18.5. The maximum absolute atomic E-state index is 12.7. The number of anilines is 2. The molecule has 0 atom stereocenters. The van der Waals surface area contributed by atoms with E-state index in [0.29, 0.717) is 11.3 Å². The first kappa shape index (κ1) is 23.0. The zero-order chi connectivity index (χ0) is 23.8. The van der Waals surface area contributed by atoms with Gasteiger partial charge in [0.1, 0.15) is 0 Å². The largest absolute Gasteiger partial charge is 0.504 e. The van der Waals surface area contributed by atoms with Crippen LogP contribution in [0.15, 0.2) is 71.8 Å². The van der Waals surface area contributed by atoms with E-state index in [4.69, 9.17) is 4.74 Å². The van der Waals surface area contributed by atoms with Crippen LogP contribution in [0.25, 0.3) is 0 Å². The van der Waals surface area contributed by atoms with E-state index in [1.54, 1.807) is 30.3 Å². The van der Waals surface area contributed by atoms with Crippen LogP contribution in [0.3, 0.4) is 0 Å². The molecule has 0 aliphatic heterocycles. The molecule has 0 saturated heterocycles. The van der Waals surface area contributed by atoms with Gasteiger partial charge in [-0.3, -0.25) is 14.4 Å². The summed E-state index contributed by atoms with van der Waals surface area (Å²) < 4.78 is 5.00. The lowest BCUT2D eigenvalue weighted by molar-refractivity contribution is -0.136. The summed E-state index contributed by atoms with van der Waals surface area (Å²) in [5.74, 6) is -2.25. The van der Waals surface area contributed by atoms with Gasteiger partial charge in [0.05, 0.1) is 24.6 Å². The molecule has 0 aliphatic carbocycles. The highest BCUT2D eigenvalue weighted by Crippen LogP contribution is 2.25. The number of hydrogen-bond acceptors (Lipinski definition) is 6. The molecule has 0 unspecified atom stereocenters. The Kier molecular flexibility index (Phi) is 7.38. The third-order valence-electron chi connectivity index (χ3n) is 4.52. The van der Waals surface area contributed by atoms with E-state index in [9.17, 15) is 19.5 Å². The number of amides is 3. The minimum Gasteiger partial charge on any atom is -0.504 e. The standard InChI is InChI=1S/C24H22N4O5/c1-15-7-10-17(11-8-15)26-22(30)18-5-3-4-6-19(18)27-23(31)24(32)28-25-14-16-9-12-20(29)21(13-16)33-2/h3-14,29H,1-2H3,(H,26,30)(H,27,31)(H,28,32)/b25-14-. The Morgan fingerprint density at radius 3 is 2.39 bits per heavy atom. The molecule has 3 aromatic carbocycles. The van der Waals surface area contributed by atoms with Crippen LogP contribution in [0.2, 0.25) is 0 Å². The lowest BCUT2D eigenvalue weighted by Gasteiger charge is -2.11. The smallest absolute Gasteiger partial charge is 0.329 e. The Hall–Kier alpha value is -4.66. The number of rotatable bonds is 6. The average Bonchev–Trinajstić information content (AvgIpc) is 2.81. The zero-order valence-electron chi connectivity index (χ0n) is 18.0. The maximum atomic E-state index is 12.7. The third kappa shape index (κ3) is 6.17. The van der Waals surface area contributed by atoms with Crippen molar-refractivity contribution in [1.82, 2.24) is 5.43 Å². The van der Waals surface area contributed by atoms with Gasteiger partial charge in [-0.05, 0) is 55.0 Å². The topological polar surface area (TPSA) is 129 Å². The van der Waals surface area contributed by atoms with Crippen molar-refractivity contribution in [2.24, 2.45) is 5.10 Å². The molecule has 0 saturated carbocycles. The minimum atomic E-state index is -1.02. The molecule has 33 heavy (non-hydrogen) atoms. The molecule has 0 spiro atoms. The van der Waals surface area contributed by atoms with Gasteiger partial charge in [0.25, 0.3) is 5.91 Å². The monoisotopic (exact) mass is 446 g/mol. The Bertz CT molecular complexity index is 1210. The van der Waals surface area contributed by atoms with Crippen molar-refractivity contribution in [1.29, 1.82) is 0 Å². The van der Waals surface area contributed by atoms with Crippen molar-refractivity contribution in [2.45, 2.75) is 6.92 Å². The Labute approximate surface area is 190 Å². The second-order valence-corrected chi connectivity index (χ2v) is 6.95. The predicted molar refractivity (Wildman–Crippen MR) is 125 cm³/mol. The molecular formula is C24H22N4O5. The highest BCUT2D eigenvalue weighted by Gasteiger charge is 2.17. The number of nitrogens with one attached hydrogen (secondary N) is 3. The molecule has 3 aromatic rings. The van der Waals surface area contributed by atoms with Crippen molar-refractivity contribution < 1.29 is 24.2 Å². The molecule has 3 amide bonds. The number of carbonyl (C=O) groups excluding carboxylic acids is 3. The van der Waals surface area contributed by atoms with Crippen LogP contribution in [0.1, 0.15) is 21.5 Å². The fraction of sp³-hybridized carbons (Fsp3) is 0.0833. The fourth-order valence-corrected chi connectivity index (χ4v) is 2.80. The first-order chi connectivity index (χ1) is 15.9. The van der Waals surface area contributed by atoms with E-state index >= 15 is 0 Å². The number of hydrogen-bond donors (Lipinski definition) is 4. The number of aromatic hydroxyl groups is 1. The van der Waals surface area contributed by atoms with E-state index in [1.165, 1.54) is 37.6 Å². The number of phenolic OH excluding ortho intramolecular Hbond substituents is 1. The number of carbonyl (C=O) groups is 3. The zero-order valence-corrected chi connectivity index (χ0v) is 18.0. The summed E-state index contributed by atoms with van der Waals surface area (Å²) >= 11 is 0. The lowest BCUT2D eigenvalue weighted by atomic mass is 10.1. The van der Waals surface area contributed by atoms with Gasteiger partial charge >= 0.3 is 11.8 Å². The van der Waals surface area contributed by atoms with Gasteiger partial charge < -0.3 is 20.5 Å². The van der Waals surface area contributed by atoms with Crippen molar-refractivity contribution in [3.8, 4) is 11.5 Å². The van der Waals surface area contributed by atoms with Crippen molar-refractivity contribution in [3.05, 3.63) is 83.4 Å². The van der Waals surface area contributed by atoms with Crippen LogP contribution in [0.4, 0.5) is 11.4 Å². The van der Waals surface area contributed by atoms with E-state index in [-0.39, 0.29) is 22.7 Å². The number of para-hydroxylation sites is 1. The lowest BCUT2D eigenvalue weighted by Crippen LogP contribution is -2.33. The normalized spacial score (nSPS) is 10.5. The fourth-order valence-electron chi connectivity index (χ4n) is 2.80. The van der Waals surface area contributed by atoms with Gasteiger partial charge in [-0.25, -0.2) is 5.43 Å². The van der Waals surface area contributed by atoms with E-state index in [2.05, 4.69) is 21.2 Å². The quantitative estimate of drug-likeness (QED) is 0.263. The number of hydrazone groups is 1. The van der Waals surface area contributed by atoms with Crippen LogP contribution < -0.4 is 20.8 Å². The van der Waals surface area contributed by atoms with Crippen LogP contribution in [0, 0.1) is 6.92 Å². The second kappa shape index (κ2) is 10.6. The SMILES string of the molecule is COc1cc(/C=N\NC(=O)C(=O)Nc2ccccc2C(=O)Nc2ccc(C)cc2)ccc1O. The summed E-state index contributed by atoms with van der Waals surface area (Å²) in [4.78, 5) is 37.1. The molecule has 0 bridgehead atoms. The number of nitrogens with zero attached hydrogens (tertiary/aromatic N) is 1. The van der Waals surface area contributed by atoms with Gasteiger partial charge in [0, 0.05) is 5.69 Å². The molecule has 0 fully saturated rings. The van der Waals surface area contributed by atoms with Gasteiger partial charge in [0.15, 0.2) is 11.5 Å². The second-order valence-electron chi connectivity index (χ2n) is 6.95. The van der Waals surface area contributed by atoms with Gasteiger partial charge in [-0.1, -0.05) is 29.8 Å². The van der Waals surface area contributed by atoms with Crippen LogP contribution in [-0.4, -0.2) is 36.2 Å². The molecule has 168 valence electrons. The van der Waals surface area contributed by atoms with Crippen molar-refractivity contribution >= 4 is 35.3 Å². The Balaban J connectivity index is 1.63. The van der Waals surface area contributed by atoms with Gasteiger partial charge in [-0.15, -0.1) is 0 Å². The van der Waals surface area contributed by atoms with Crippen LogP contribution >= 0.6 is 0 Å². The van der Waals surface area contributed by atoms with Gasteiger partial charge in [0.2, 0.25) is 0 Å². The summed E-state index contributed by atoms with van der Waals surface area (Å²) in [5.41, 5.74) is 4.67. The number of ether oxygens (including phenoxy) is 1. The Morgan fingerprint density at radius 2 is 1.67 bits per heavy atom. The summed E-state index contributed by atoms with van der Waals surface area (Å²) in [6.45, 7) is 1.94. The Morgan fingerprint density at radius 1 is 0.939 bits per heavy atom. The number of methoxy groups -OCH3 is 1. The highest BCUT2D eigenvalue weighted by molar-refractivity contribution is 6.40. The number of phenols is 1. The molecule has 3 rings (SSSR count). The molecule has 9 heteroatoms. The summed E-state index contributed by atoms with van der Waals surface area (Å²) in [6.07, 6.45) is 1.29. The van der Waals surface area contributed by atoms with Crippen LogP contribution in [-0.2, 0) is 9.59 Å². The average molecular weight is 446 g/mol. The van der Waals surface area contributed by atoms with Crippen LogP contribution in [0.5, 0.6) is 11.5 Å². The first-order valence-electron chi connectivity index (χ1n) is 9.86. The number of aryl methyl sites for hydroxylation is 1. The molecule has 0 aromatic heterocycles. The third-order valence-corrected chi connectivity index (χ3v) is 4.52. The van der Waals surface area contributed by atoms with Crippen molar-refractivity contribution in [3.63, 3.8) is 0 Å². The molecular weight excluding hydrogens is 424 g/mol. The molecule has 0 aliphatic rings. The molecule has 9 nitrogen and oxygen atoms in total. The van der Waals surface area contributed by atoms with E-state index in [0.717, 1.165) is 5.56 Å². The van der Waals surface area contributed by atoms with E-state index in [1.807, 2.05) is 19.1 Å². The predicted octanol–water partition coefficient (Wildman–Crippen LogP) is 3.05. The highest BCUT2D eigenvalue weighted by atomic mass is 16.5. The molecule has 4 N–H and O–H groups in total. The summed E-state index contributed by atoms with van der Waals surface area (Å²) in [6, 6.07) is 18.1. The maximum Gasteiger partial charge on any atom is 0.329 e. The minimum absolute atomic E-state index is 0.0388. The molecule has 0 radical (unpaired) electrons.